The highest BCUT2D eigenvalue weighted by atomic mass is 32.1. The zero-order chi connectivity index (χ0) is 21.6. The maximum atomic E-state index is 12.6. The molecule has 0 aliphatic heterocycles. The highest BCUT2D eigenvalue weighted by molar-refractivity contribution is 7.15. The van der Waals surface area contributed by atoms with Crippen molar-refractivity contribution in [2.75, 3.05) is 5.32 Å². The number of carboxylic acid groups (broad SMARTS) is 1. The van der Waals surface area contributed by atoms with Gasteiger partial charge in [-0.2, -0.15) is 0 Å². The van der Waals surface area contributed by atoms with Gasteiger partial charge in [0.15, 0.2) is 0 Å². The fraction of sp³-hybridized carbons (Fsp3) is 0.565. The highest BCUT2D eigenvalue weighted by Gasteiger charge is 2.24. The number of carbonyl (C=O) groups is 2. The molecule has 0 spiro atoms. The summed E-state index contributed by atoms with van der Waals surface area (Å²) in [6.45, 7) is 0.446. The van der Waals surface area contributed by atoms with Crippen molar-refractivity contribution < 1.29 is 19.4 Å². The second-order valence-electron chi connectivity index (χ2n) is 8.61. The molecule has 166 valence electrons. The van der Waals surface area contributed by atoms with Gasteiger partial charge >= 0.3 is 5.97 Å². The first kappa shape index (κ1) is 21.9. The minimum atomic E-state index is -0.706. The lowest BCUT2D eigenvalue weighted by molar-refractivity contribution is -0.138. The van der Waals surface area contributed by atoms with Crippen LogP contribution < -0.4 is 5.32 Å². The zero-order valence-corrected chi connectivity index (χ0v) is 18.4. The monoisotopic (exact) mass is 443 g/mol. The summed E-state index contributed by atoms with van der Waals surface area (Å²) in [5.74, 6) is -0.175. The van der Waals surface area contributed by atoms with Gasteiger partial charge in [0.2, 0.25) is 5.13 Å². The molecule has 2 aliphatic carbocycles. The number of rotatable bonds is 8. The molecule has 0 unspecified atom stereocenters. The van der Waals surface area contributed by atoms with E-state index < -0.39 is 5.97 Å². The maximum Gasteiger partial charge on any atom is 0.303 e. The fourth-order valence-corrected chi connectivity index (χ4v) is 5.29. The Bertz CT molecular complexity index is 884. The van der Waals surface area contributed by atoms with E-state index in [2.05, 4.69) is 15.5 Å². The van der Waals surface area contributed by atoms with E-state index in [0.29, 0.717) is 35.2 Å². The molecular formula is C23H29N3O4S. The number of nitrogens with zero attached hydrogens (tertiary/aromatic N) is 2. The number of benzene rings is 1. The molecule has 0 bridgehead atoms. The standard InChI is InChI=1S/C23H29N3O4S/c27-21(28)13-15-5-7-16(8-6-15)17-9-11-18(12-10-17)22(29)24-23-26-25-20(31-23)14-30-19-3-1-2-4-19/h9-12,15-16,19H,1-8,13-14H2,(H,27,28)(H,24,26,29). The molecule has 0 saturated heterocycles. The lowest BCUT2D eigenvalue weighted by Gasteiger charge is -2.28. The van der Waals surface area contributed by atoms with E-state index in [4.69, 9.17) is 9.84 Å². The molecule has 1 amide bonds. The van der Waals surface area contributed by atoms with Gasteiger partial charge in [0.05, 0.1) is 6.10 Å². The van der Waals surface area contributed by atoms with Crippen LogP contribution >= 0.6 is 11.3 Å². The summed E-state index contributed by atoms with van der Waals surface area (Å²) < 4.78 is 5.85. The zero-order valence-electron chi connectivity index (χ0n) is 17.6. The molecule has 1 aromatic heterocycles. The molecule has 4 rings (SSSR count). The molecule has 0 atom stereocenters. The van der Waals surface area contributed by atoms with Crippen molar-refractivity contribution in [3.63, 3.8) is 0 Å². The van der Waals surface area contributed by atoms with E-state index in [0.717, 1.165) is 43.5 Å². The van der Waals surface area contributed by atoms with Gasteiger partial charge in [-0.15, -0.1) is 10.2 Å². The van der Waals surface area contributed by atoms with E-state index in [9.17, 15) is 9.59 Å². The van der Waals surface area contributed by atoms with Crippen molar-refractivity contribution in [2.45, 2.75) is 76.4 Å². The lowest BCUT2D eigenvalue weighted by Crippen LogP contribution is -2.16. The Morgan fingerprint density at radius 1 is 1.03 bits per heavy atom. The number of amides is 1. The molecule has 2 fully saturated rings. The van der Waals surface area contributed by atoms with Gasteiger partial charge in [-0.05, 0) is 68.1 Å². The smallest absolute Gasteiger partial charge is 0.303 e. The van der Waals surface area contributed by atoms with Gasteiger partial charge in [0, 0.05) is 12.0 Å². The number of aromatic nitrogens is 2. The Hall–Kier alpha value is -2.32. The molecule has 2 saturated carbocycles. The second-order valence-corrected chi connectivity index (χ2v) is 9.67. The summed E-state index contributed by atoms with van der Waals surface area (Å²) in [6, 6.07) is 7.72. The van der Waals surface area contributed by atoms with Gasteiger partial charge in [0.1, 0.15) is 11.6 Å². The van der Waals surface area contributed by atoms with E-state index in [1.54, 1.807) is 0 Å². The van der Waals surface area contributed by atoms with E-state index in [1.807, 2.05) is 24.3 Å². The molecule has 1 aromatic carbocycles. The largest absolute Gasteiger partial charge is 0.481 e. The third-order valence-electron chi connectivity index (χ3n) is 6.39. The number of aliphatic carboxylic acids is 1. The summed E-state index contributed by atoms with van der Waals surface area (Å²) in [5.41, 5.74) is 1.80. The highest BCUT2D eigenvalue weighted by Crippen LogP contribution is 2.37. The van der Waals surface area contributed by atoms with Crippen LogP contribution in [0, 0.1) is 5.92 Å². The average molecular weight is 444 g/mol. The van der Waals surface area contributed by atoms with Crippen LogP contribution in [0.25, 0.3) is 0 Å². The Balaban J connectivity index is 1.26. The number of anilines is 1. The Labute approximate surface area is 186 Å². The molecule has 2 N–H and O–H groups in total. The summed E-state index contributed by atoms with van der Waals surface area (Å²) in [7, 11) is 0. The van der Waals surface area contributed by atoms with E-state index >= 15 is 0 Å². The van der Waals surface area contributed by atoms with Crippen molar-refractivity contribution in [1.29, 1.82) is 0 Å². The van der Waals surface area contributed by atoms with Crippen LogP contribution in [-0.2, 0) is 16.1 Å². The number of hydrogen-bond acceptors (Lipinski definition) is 6. The first-order chi connectivity index (χ1) is 15.1. The van der Waals surface area contributed by atoms with Crippen molar-refractivity contribution >= 4 is 28.3 Å². The Morgan fingerprint density at radius 2 is 1.74 bits per heavy atom. The Kier molecular flexibility index (Phi) is 7.29. The normalized spacial score (nSPS) is 21.8. The van der Waals surface area contributed by atoms with E-state index in [1.165, 1.54) is 29.7 Å². The van der Waals surface area contributed by atoms with Gasteiger partial charge in [0.25, 0.3) is 5.91 Å². The third-order valence-corrected chi connectivity index (χ3v) is 7.20. The van der Waals surface area contributed by atoms with Gasteiger partial charge in [-0.25, -0.2) is 0 Å². The van der Waals surface area contributed by atoms with Crippen LogP contribution in [0.15, 0.2) is 24.3 Å². The summed E-state index contributed by atoms with van der Waals surface area (Å²) >= 11 is 1.35. The van der Waals surface area contributed by atoms with Crippen molar-refractivity contribution in [2.24, 2.45) is 5.92 Å². The van der Waals surface area contributed by atoms with Crippen LogP contribution in [0.1, 0.15) is 84.6 Å². The minimum absolute atomic E-state index is 0.198. The second kappa shape index (κ2) is 10.3. The van der Waals surface area contributed by atoms with E-state index in [-0.39, 0.29) is 12.3 Å². The predicted octanol–water partition coefficient (Wildman–Crippen LogP) is 5.00. The fourth-order valence-electron chi connectivity index (χ4n) is 4.63. The van der Waals surface area contributed by atoms with Crippen LogP contribution in [0.5, 0.6) is 0 Å². The molecule has 1 heterocycles. The summed E-state index contributed by atoms with van der Waals surface area (Å²) in [5, 5.41) is 21.2. The SMILES string of the molecule is O=C(O)CC1CCC(c2ccc(C(=O)Nc3nnc(COC4CCCC4)s3)cc2)CC1. The van der Waals surface area contributed by atoms with Gasteiger partial charge in [-0.1, -0.05) is 36.3 Å². The summed E-state index contributed by atoms with van der Waals surface area (Å²) in [6.07, 6.45) is 9.18. The number of ether oxygens (including phenoxy) is 1. The molecule has 0 radical (unpaired) electrons. The minimum Gasteiger partial charge on any atom is -0.481 e. The lowest BCUT2D eigenvalue weighted by atomic mass is 9.77. The maximum absolute atomic E-state index is 12.6. The molecule has 31 heavy (non-hydrogen) atoms. The Morgan fingerprint density at radius 3 is 2.42 bits per heavy atom. The third kappa shape index (κ3) is 6.11. The van der Waals surface area contributed by atoms with Gasteiger partial charge in [-0.3, -0.25) is 14.9 Å². The number of nitrogens with one attached hydrogen (secondary N) is 1. The van der Waals surface area contributed by atoms with Crippen molar-refractivity contribution in [3.05, 3.63) is 40.4 Å². The molecule has 2 aromatic rings. The van der Waals surface area contributed by atoms with Crippen LogP contribution in [0.4, 0.5) is 5.13 Å². The van der Waals surface area contributed by atoms with Gasteiger partial charge < -0.3 is 9.84 Å². The molecule has 2 aliphatic rings. The van der Waals surface area contributed by atoms with Crippen molar-refractivity contribution in [1.82, 2.24) is 10.2 Å². The summed E-state index contributed by atoms with van der Waals surface area (Å²) in [4.78, 5) is 23.5. The number of hydrogen-bond donors (Lipinski definition) is 2. The quantitative estimate of drug-likeness (QED) is 0.595. The average Bonchev–Trinajstić information content (AvgIpc) is 3.44. The first-order valence-corrected chi connectivity index (χ1v) is 12.0. The van der Waals surface area contributed by atoms with Crippen LogP contribution in [-0.4, -0.2) is 33.3 Å². The molecular weight excluding hydrogens is 414 g/mol. The van der Waals surface area contributed by atoms with Crippen LogP contribution in [0.3, 0.4) is 0 Å². The van der Waals surface area contributed by atoms with Crippen LogP contribution in [0.2, 0.25) is 0 Å². The van der Waals surface area contributed by atoms with Crippen molar-refractivity contribution in [3.8, 4) is 0 Å². The number of carboxylic acids is 1. The number of carbonyl (C=O) groups excluding carboxylic acids is 1. The molecule has 7 nitrogen and oxygen atoms in total. The first-order valence-electron chi connectivity index (χ1n) is 11.1. The topological polar surface area (TPSA) is 101 Å². The predicted molar refractivity (Wildman–Crippen MR) is 118 cm³/mol. The molecule has 8 heteroatoms.